The predicted octanol–water partition coefficient (Wildman–Crippen LogP) is 3.50. The molecular formula is C26H22F4N4O4. The number of para-hydroxylation sites is 1. The normalized spacial score (nSPS) is 15.9. The molecular weight excluding hydrogens is 508 g/mol. The van der Waals surface area contributed by atoms with Crippen molar-refractivity contribution in [2.45, 2.75) is 12.6 Å². The van der Waals surface area contributed by atoms with Gasteiger partial charge in [-0.15, -0.1) is 0 Å². The summed E-state index contributed by atoms with van der Waals surface area (Å²) in [6, 6.07) is 9.22. The highest BCUT2D eigenvalue weighted by Gasteiger charge is 2.43. The molecule has 5 rings (SSSR count). The molecule has 38 heavy (non-hydrogen) atoms. The molecule has 0 spiro atoms. The summed E-state index contributed by atoms with van der Waals surface area (Å²) in [5.74, 6) is -3.26. The van der Waals surface area contributed by atoms with Gasteiger partial charge in [0.2, 0.25) is 0 Å². The number of benzene rings is 1. The average molecular weight is 530 g/mol. The van der Waals surface area contributed by atoms with E-state index in [9.17, 15) is 27.2 Å². The molecule has 198 valence electrons. The fourth-order valence-electron chi connectivity index (χ4n) is 4.46. The summed E-state index contributed by atoms with van der Waals surface area (Å²) >= 11 is 0. The lowest BCUT2D eigenvalue weighted by Gasteiger charge is -2.30. The Morgan fingerprint density at radius 1 is 1.13 bits per heavy atom. The first-order valence-corrected chi connectivity index (χ1v) is 11.8. The lowest BCUT2D eigenvalue weighted by molar-refractivity contribution is -0.199. The van der Waals surface area contributed by atoms with Crippen LogP contribution >= 0.6 is 0 Å². The maximum Gasteiger partial charge on any atom is 0.493 e. The molecule has 1 N–H and O–H groups in total. The molecule has 0 radical (unpaired) electrons. The standard InChI is InChI=1S/C26H22F4N4O4/c27-20-3-1-2-16(23(20)33-10-12-37-13-11-33)4-5-18-14-17(6-8-31-18)22-15-19-21(7-9-32-24(19)35)34(22)38-25(36)26(28,29)30/h1-6,8,14-15H,7,9-13H2,(H,32,35). The second kappa shape index (κ2) is 10.3. The molecule has 2 aliphatic heterocycles. The Labute approximate surface area is 214 Å². The Balaban J connectivity index is 1.50. The highest BCUT2D eigenvalue weighted by Crippen LogP contribution is 2.30. The number of fused-ring (bicyclic) bond motifs is 1. The number of anilines is 1. The summed E-state index contributed by atoms with van der Waals surface area (Å²) in [7, 11) is 0. The summed E-state index contributed by atoms with van der Waals surface area (Å²) in [6.45, 7) is 2.24. The van der Waals surface area contributed by atoms with Crippen LogP contribution in [-0.4, -0.2) is 60.6 Å². The third-order valence-corrected chi connectivity index (χ3v) is 6.21. The maximum atomic E-state index is 14.7. The van der Waals surface area contributed by atoms with Crippen LogP contribution in [0.25, 0.3) is 23.4 Å². The molecule has 3 aromatic rings. The number of pyridine rings is 1. The van der Waals surface area contributed by atoms with Gasteiger partial charge in [0.1, 0.15) is 5.82 Å². The quantitative estimate of drug-likeness (QED) is 0.509. The molecule has 0 atom stereocenters. The number of rotatable bonds is 5. The number of hydrogen-bond acceptors (Lipinski definition) is 6. The van der Waals surface area contributed by atoms with Crippen molar-refractivity contribution in [3.05, 3.63) is 70.9 Å². The van der Waals surface area contributed by atoms with Crippen molar-refractivity contribution < 1.29 is 36.7 Å². The molecule has 1 saturated heterocycles. The minimum atomic E-state index is -5.22. The van der Waals surface area contributed by atoms with Gasteiger partial charge in [0.25, 0.3) is 5.91 Å². The fourth-order valence-corrected chi connectivity index (χ4v) is 4.46. The Hall–Kier alpha value is -4.19. The van der Waals surface area contributed by atoms with Crippen LogP contribution in [0, 0.1) is 5.82 Å². The van der Waals surface area contributed by atoms with Gasteiger partial charge in [0.15, 0.2) is 0 Å². The molecule has 12 heteroatoms. The van der Waals surface area contributed by atoms with E-state index in [1.54, 1.807) is 30.4 Å². The number of alkyl halides is 3. The molecule has 0 aliphatic carbocycles. The number of ether oxygens (including phenoxy) is 1. The van der Waals surface area contributed by atoms with Gasteiger partial charge in [-0.1, -0.05) is 18.2 Å². The Kier molecular flexibility index (Phi) is 6.89. The number of morpholine rings is 1. The summed E-state index contributed by atoms with van der Waals surface area (Å²) in [5, 5.41) is 2.62. The van der Waals surface area contributed by atoms with Crippen LogP contribution in [-0.2, 0) is 16.0 Å². The zero-order valence-corrected chi connectivity index (χ0v) is 19.9. The van der Waals surface area contributed by atoms with Crippen molar-refractivity contribution in [1.82, 2.24) is 15.0 Å². The number of hydrogen-bond donors (Lipinski definition) is 1. The van der Waals surface area contributed by atoms with Crippen LogP contribution in [0.1, 0.15) is 27.3 Å². The number of aromatic nitrogens is 2. The molecule has 0 saturated carbocycles. The summed E-state index contributed by atoms with van der Waals surface area (Å²) in [6.07, 6.45) is -0.273. The molecule has 4 heterocycles. The molecule has 0 bridgehead atoms. The minimum Gasteiger partial charge on any atom is -0.378 e. The first-order chi connectivity index (χ1) is 18.2. The van der Waals surface area contributed by atoms with Gasteiger partial charge in [0.05, 0.1) is 41.5 Å². The SMILES string of the molecule is O=C1NCCc2c1cc(-c1ccnc(C=Cc3cccc(F)c3N3CCOCC3)c1)n2OC(=O)C(F)(F)F. The van der Waals surface area contributed by atoms with Crippen LogP contribution in [0.2, 0.25) is 0 Å². The van der Waals surface area contributed by atoms with Crippen LogP contribution < -0.4 is 15.1 Å². The summed E-state index contributed by atoms with van der Waals surface area (Å²) in [4.78, 5) is 34.9. The van der Waals surface area contributed by atoms with Gasteiger partial charge in [-0.2, -0.15) is 17.9 Å². The number of carbonyl (C=O) groups excluding carboxylic acids is 2. The predicted molar refractivity (Wildman–Crippen MR) is 130 cm³/mol. The van der Waals surface area contributed by atoms with E-state index in [-0.39, 0.29) is 35.7 Å². The zero-order valence-electron chi connectivity index (χ0n) is 19.9. The van der Waals surface area contributed by atoms with Crippen LogP contribution in [0.3, 0.4) is 0 Å². The smallest absolute Gasteiger partial charge is 0.378 e. The molecule has 2 aliphatic rings. The van der Waals surface area contributed by atoms with Crippen LogP contribution in [0.5, 0.6) is 0 Å². The second-order valence-electron chi connectivity index (χ2n) is 8.65. The molecule has 1 aromatic carbocycles. The van der Waals surface area contributed by atoms with Crippen LogP contribution in [0.4, 0.5) is 23.2 Å². The Bertz CT molecular complexity index is 1410. The fraction of sp³-hybridized carbons (Fsp3) is 0.269. The largest absolute Gasteiger partial charge is 0.493 e. The monoisotopic (exact) mass is 530 g/mol. The third kappa shape index (κ3) is 5.12. The number of nitrogens with zero attached hydrogens (tertiary/aromatic N) is 3. The molecule has 8 nitrogen and oxygen atoms in total. The first kappa shape index (κ1) is 25.5. The van der Waals surface area contributed by atoms with E-state index in [0.29, 0.717) is 48.8 Å². The van der Waals surface area contributed by atoms with E-state index in [1.807, 2.05) is 4.90 Å². The summed E-state index contributed by atoms with van der Waals surface area (Å²) in [5.41, 5.74) is 2.20. The molecule has 1 fully saturated rings. The molecule has 2 aromatic heterocycles. The number of halogens is 4. The first-order valence-electron chi connectivity index (χ1n) is 11.8. The lowest BCUT2D eigenvalue weighted by atomic mass is 10.1. The minimum absolute atomic E-state index is 0.0847. The van der Waals surface area contributed by atoms with E-state index in [0.717, 1.165) is 4.73 Å². The second-order valence-corrected chi connectivity index (χ2v) is 8.65. The van der Waals surface area contributed by atoms with Gasteiger partial charge >= 0.3 is 12.1 Å². The maximum absolute atomic E-state index is 14.7. The molecule has 1 amide bonds. The van der Waals surface area contributed by atoms with E-state index < -0.39 is 18.1 Å². The number of nitrogens with one attached hydrogen (secondary N) is 1. The van der Waals surface area contributed by atoms with Gasteiger partial charge in [-0.3, -0.25) is 9.78 Å². The van der Waals surface area contributed by atoms with Gasteiger partial charge in [-0.25, -0.2) is 9.18 Å². The average Bonchev–Trinajstić information content (AvgIpc) is 3.27. The van der Waals surface area contributed by atoms with E-state index in [4.69, 9.17) is 9.57 Å². The number of amides is 1. The highest BCUT2D eigenvalue weighted by molar-refractivity contribution is 5.98. The van der Waals surface area contributed by atoms with Gasteiger partial charge in [0, 0.05) is 43.4 Å². The van der Waals surface area contributed by atoms with Crippen LogP contribution in [0.15, 0.2) is 42.6 Å². The lowest BCUT2D eigenvalue weighted by Crippen LogP contribution is -2.37. The van der Waals surface area contributed by atoms with Gasteiger partial charge < -0.3 is 19.8 Å². The van der Waals surface area contributed by atoms with Crippen molar-refractivity contribution >= 4 is 29.7 Å². The van der Waals surface area contributed by atoms with Crippen molar-refractivity contribution in [2.75, 3.05) is 37.7 Å². The van der Waals surface area contributed by atoms with E-state index in [1.165, 1.54) is 24.4 Å². The Morgan fingerprint density at radius 2 is 1.92 bits per heavy atom. The molecule has 0 unspecified atom stereocenters. The topological polar surface area (TPSA) is 85.7 Å². The Morgan fingerprint density at radius 3 is 2.68 bits per heavy atom. The van der Waals surface area contributed by atoms with Crippen molar-refractivity contribution in [2.24, 2.45) is 0 Å². The third-order valence-electron chi connectivity index (χ3n) is 6.21. The summed E-state index contributed by atoms with van der Waals surface area (Å²) < 4.78 is 59.8. The van der Waals surface area contributed by atoms with E-state index in [2.05, 4.69) is 10.3 Å². The van der Waals surface area contributed by atoms with Crippen molar-refractivity contribution in [1.29, 1.82) is 0 Å². The highest BCUT2D eigenvalue weighted by atomic mass is 19.4. The van der Waals surface area contributed by atoms with Crippen molar-refractivity contribution in [3.63, 3.8) is 0 Å². The van der Waals surface area contributed by atoms with Crippen molar-refractivity contribution in [3.8, 4) is 11.3 Å². The number of carbonyl (C=O) groups is 2. The van der Waals surface area contributed by atoms with Gasteiger partial charge in [-0.05, 0) is 30.3 Å². The van der Waals surface area contributed by atoms with E-state index >= 15 is 0 Å². The zero-order chi connectivity index (χ0) is 26.9.